The number of benzene rings is 1. The van der Waals surface area contributed by atoms with Crippen molar-refractivity contribution in [3.05, 3.63) is 34.9 Å². The molecule has 0 saturated carbocycles. The SMILES string of the molecule is O=C(NCCc1cccc(Cl)c1)N(CCO)CCO. The molecule has 6 heteroatoms. The van der Waals surface area contributed by atoms with Gasteiger partial charge in [-0.3, -0.25) is 0 Å². The smallest absolute Gasteiger partial charge is 0.317 e. The molecule has 0 aliphatic heterocycles. The molecule has 0 atom stereocenters. The number of carbonyl (C=O) groups is 1. The highest BCUT2D eigenvalue weighted by Crippen LogP contribution is 2.10. The summed E-state index contributed by atoms with van der Waals surface area (Å²) in [4.78, 5) is 13.1. The molecule has 106 valence electrons. The third-order valence-electron chi connectivity index (χ3n) is 2.61. The van der Waals surface area contributed by atoms with Gasteiger partial charge in [0.15, 0.2) is 0 Å². The van der Waals surface area contributed by atoms with E-state index >= 15 is 0 Å². The first kappa shape index (κ1) is 15.8. The standard InChI is InChI=1S/C13H19ClN2O3/c14-12-3-1-2-11(10-12)4-5-15-13(19)16(6-8-17)7-9-18/h1-3,10,17-18H,4-9H2,(H,15,19). The molecule has 0 aliphatic rings. The average molecular weight is 287 g/mol. The quantitative estimate of drug-likeness (QED) is 0.697. The molecule has 0 saturated heterocycles. The van der Waals surface area contributed by atoms with Crippen LogP contribution in [-0.4, -0.2) is 54.0 Å². The minimum absolute atomic E-state index is 0.123. The maximum absolute atomic E-state index is 11.7. The van der Waals surface area contributed by atoms with E-state index in [1.807, 2.05) is 18.2 Å². The van der Waals surface area contributed by atoms with Crippen LogP contribution < -0.4 is 5.32 Å². The first-order chi connectivity index (χ1) is 9.17. The molecule has 0 spiro atoms. The van der Waals surface area contributed by atoms with Crippen molar-refractivity contribution >= 4 is 17.6 Å². The van der Waals surface area contributed by atoms with Crippen LogP contribution in [0.4, 0.5) is 4.79 Å². The van der Waals surface area contributed by atoms with E-state index in [-0.39, 0.29) is 32.3 Å². The summed E-state index contributed by atoms with van der Waals surface area (Å²) in [5.41, 5.74) is 1.05. The Morgan fingerprint density at radius 2 is 1.95 bits per heavy atom. The number of aliphatic hydroxyl groups excluding tert-OH is 2. The van der Waals surface area contributed by atoms with Crippen molar-refractivity contribution < 1.29 is 15.0 Å². The van der Waals surface area contributed by atoms with Crippen molar-refractivity contribution in [1.82, 2.24) is 10.2 Å². The number of nitrogens with zero attached hydrogens (tertiary/aromatic N) is 1. The van der Waals surface area contributed by atoms with Gasteiger partial charge in [-0.05, 0) is 24.1 Å². The van der Waals surface area contributed by atoms with E-state index in [9.17, 15) is 4.79 Å². The summed E-state index contributed by atoms with van der Waals surface area (Å²) in [6.07, 6.45) is 0.679. The molecular weight excluding hydrogens is 268 g/mol. The Labute approximate surface area is 117 Å². The summed E-state index contributed by atoms with van der Waals surface area (Å²) in [7, 11) is 0. The molecule has 0 heterocycles. The van der Waals surface area contributed by atoms with Gasteiger partial charge in [0.25, 0.3) is 0 Å². The van der Waals surface area contributed by atoms with Gasteiger partial charge in [-0.25, -0.2) is 4.79 Å². The second kappa shape index (κ2) is 8.74. The summed E-state index contributed by atoms with van der Waals surface area (Å²) in [6, 6.07) is 7.17. The molecule has 5 nitrogen and oxygen atoms in total. The van der Waals surface area contributed by atoms with Crippen LogP contribution in [0, 0.1) is 0 Å². The normalized spacial score (nSPS) is 10.3. The topological polar surface area (TPSA) is 72.8 Å². The van der Waals surface area contributed by atoms with Gasteiger partial charge in [0.2, 0.25) is 0 Å². The molecule has 1 aromatic carbocycles. The van der Waals surface area contributed by atoms with Crippen LogP contribution in [0.3, 0.4) is 0 Å². The summed E-state index contributed by atoms with van der Waals surface area (Å²) in [6.45, 7) is 0.656. The molecule has 19 heavy (non-hydrogen) atoms. The van der Waals surface area contributed by atoms with Crippen LogP contribution >= 0.6 is 11.6 Å². The molecular formula is C13H19ClN2O3. The lowest BCUT2D eigenvalue weighted by Gasteiger charge is -2.21. The summed E-state index contributed by atoms with van der Waals surface area (Å²) in [5.74, 6) is 0. The first-order valence-corrected chi connectivity index (χ1v) is 6.54. The van der Waals surface area contributed by atoms with Crippen molar-refractivity contribution in [2.75, 3.05) is 32.8 Å². The molecule has 3 N–H and O–H groups in total. The molecule has 0 aliphatic carbocycles. The molecule has 0 fully saturated rings. The number of urea groups is 1. The summed E-state index contributed by atoms with van der Waals surface area (Å²) >= 11 is 5.87. The third-order valence-corrected chi connectivity index (χ3v) is 2.84. The number of aliphatic hydroxyl groups is 2. The number of rotatable bonds is 7. The molecule has 0 unspecified atom stereocenters. The number of carbonyl (C=O) groups excluding carboxylic acids is 1. The Morgan fingerprint density at radius 1 is 1.26 bits per heavy atom. The number of nitrogens with one attached hydrogen (secondary N) is 1. The van der Waals surface area contributed by atoms with Gasteiger partial charge in [-0.15, -0.1) is 0 Å². The zero-order valence-electron chi connectivity index (χ0n) is 10.7. The number of halogens is 1. The highest BCUT2D eigenvalue weighted by atomic mass is 35.5. The van der Waals surface area contributed by atoms with E-state index in [2.05, 4.69) is 5.32 Å². The lowest BCUT2D eigenvalue weighted by molar-refractivity contribution is 0.158. The Balaban J connectivity index is 2.36. The predicted molar refractivity (Wildman–Crippen MR) is 74.3 cm³/mol. The van der Waals surface area contributed by atoms with Crippen molar-refractivity contribution in [3.63, 3.8) is 0 Å². The van der Waals surface area contributed by atoms with Crippen LogP contribution in [0.25, 0.3) is 0 Å². The van der Waals surface area contributed by atoms with Crippen LogP contribution in [0.2, 0.25) is 5.02 Å². The molecule has 0 aromatic heterocycles. The zero-order chi connectivity index (χ0) is 14.1. The fourth-order valence-electron chi connectivity index (χ4n) is 1.67. The number of amides is 2. The lowest BCUT2D eigenvalue weighted by Crippen LogP contribution is -2.43. The minimum Gasteiger partial charge on any atom is -0.395 e. The molecule has 0 bridgehead atoms. The Kier molecular flexibility index (Phi) is 7.25. The van der Waals surface area contributed by atoms with Gasteiger partial charge in [-0.2, -0.15) is 0 Å². The Bertz CT molecular complexity index is 395. The Hall–Kier alpha value is -1.30. The van der Waals surface area contributed by atoms with Gasteiger partial charge < -0.3 is 20.4 Å². The van der Waals surface area contributed by atoms with E-state index in [0.717, 1.165) is 5.56 Å². The fraction of sp³-hybridized carbons (Fsp3) is 0.462. The first-order valence-electron chi connectivity index (χ1n) is 6.16. The third kappa shape index (κ3) is 5.92. The number of hydrogen-bond acceptors (Lipinski definition) is 3. The van der Waals surface area contributed by atoms with Crippen LogP contribution in [0.5, 0.6) is 0 Å². The fourth-order valence-corrected chi connectivity index (χ4v) is 1.89. The van der Waals surface area contributed by atoms with Gasteiger partial charge in [0, 0.05) is 24.7 Å². The monoisotopic (exact) mass is 286 g/mol. The molecule has 1 rings (SSSR count). The molecule has 2 amide bonds. The minimum atomic E-state index is -0.287. The maximum Gasteiger partial charge on any atom is 0.317 e. The molecule has 0 radical (unpaired) electrons. The zero-order valence-corrected chi connectivity index (χ0v) is 11.4. The van der Waals surface area contributed by atoms with Gasteiger partial charge in [0.1, 0.15) is 0 Å². The van der Waals surface area contributed by atoms with Gasteiger partial charge in [-0.1, -0.05) is 23.7 Å². The van der Waals surface area contributed by atoms with Crippen molar-refractivity contribution in [3.8, 4) is 0 Å². The maximum atomic E-state index is 11.7. The second-order valence-electron chi connectivity index (χ2n) is 4.05. The Morgan fingerprint density at radius 3 is 2.53 bits per heavy atom. The highest BCUT2D eigenvalue weighted by molar-refractivity contribution is 6.30. The van der Waals surface area contributed by atoms with Crippen LogP contribution in [-0.2, 0) is 6.42 Å². The summed E-state index contributed by atoms with van der Waals surface area (Å²) in [5, 5.41) is 21.1. The van der Waals surface area contributed by atoms with Gasteiger partial charge in [0.05, 0.1) is 13.2 Å². The van der Waals surface area contributed by atoms with Crippen molar-refractivity contribution in [2.24, 2.45) is 0 Å². The van der Waals surface area contributed by atoms with Crippen molar-refractivity contribution in [1.29, 1.82) is 0 Å². The van der Waals surface area contributed by atoms with Crippen LogP contribution in [0.1, 0.15) is 5.56 Å². The van der Waals surface area contributed by atoms with E-state index in [1.54, 1.807) is 6.07 Å². The van der Waals surface area contributed by atoms with E-state index in [1.165, 1.54) is 4.90 Å². The van der Waals surface area contributed by atoms with Crippen LogP contribution in [0.15, 0.2) is 24.3 Å². The van der Waals surface area contributed by atoms with Crippen molar-refractivity contribution in [2.45, 2.75) is 6.42 Å². The number of hydrogen-bond donors (Lipinski definition) is 3. The largest absolute Gasteiger partial charge is 0.395 e. The van der Waals surface area contributed by atoms with Gasteiger partial charge >= 0.3 is 6.03 Å². The highest BCUT2D eigenvalue weighted by Gasteiger charge is 2.11. The predicted octanol–water partition coefficient (Wildman–Crippen LogP) is 0.879. The second-order valence-corrected chi connectivity index (χ2v) is 4.48. The average Bonchev–Trinajstić information content (AvgIpc) is 2.38. The van der Waals surface area contributed by atoms with E-state index in [4.69, 9.17) is 21.8 Å². The molecule has 1 aromatic rings. The lowest BCUT2D eigenvalue weighted by atomic mass is 10.1. The van der Waals surface area contributed by atoms with E-state index < -0.39 is 0 Å². The summed E-state index contributed by atoms with van der Waals surface area (Å²) < 4.78 is 0. The van der Waals surface area contributed by atoms with E-state index in [0.29, 0.717) is 18.0 Å².